The van der Waals surface area contributed by atoms with Crippen LogP contribution in [0.4, 0.5) is 5.95 Å². The SMILES string of the molecule is c1ccc2c(c1)ccn2CCCn1nnnc1N1CCCOCC1. The lowest BCUT2D eigenvalue weighted by Gasteiger charge is -2.19. The number of hydrogen-bond donors (Lipinski definition) is 0. The zero-order valence-corrected chi connectivity index (χ0v) is 13.7. The van der Waals surface area contributed by atoms with Crippen LogP contribution in [0.1, 0.15) is 12.8 Å². The Kier molecular flexibility index (Phi) is 4.42. The van der Waals surface area contributed by atoms with Crippen molar-refractivity contribution in [2.75, 3.05) is 31.2 Å². The van der Waals surface area contributed by atoms with Crippen LogP contribution in [0.2, 0.25) is 0 Å². The third-order valence-electron chi connectivity index (χ3n) is 4.47. The second-order valence-electron chi connectivity index (χ2n) is 6.08. The Balaban J connectivity index is 1.40. The molecule has 0 N–H and O–H groups in total. The van der Waals surface area contributed by atoms with Gasteiger partial charge in [0.2, 0.25) is 5.95 Å². The van der Waals surface area contributed by atoms with Crippen LogP contribution in [0.25, 0.3) is 10.9 Å². The summed E-state index contributed by atoms with van der Waals surface area (Å²) in [6.07, 6.45) is 4.15. The predicted molar refractivity (Wildman–Crippen MR) is 92.0 cm³/mol. The van der Waals surface area contributed by atoms with E-state index >= 15 is 0 Å². The molecule has 3 aromatic rings. The van der Waals surface area contributed by atoms with E-state index in [4.69, 9.17) is 4.74 Å². The van der Waals surface area contributed by atoms with Crippen molar-refractivity contribution >= 4 is 16.9 Å². The number of nitrogens with zero attached hydrogens (tertiary/aromatic N) is 6. The molecule has 0 aliphatic carbocycles. The van der Waals surface area contributed by atoms with Crippen LogP contribution in [-0.2, 0) is 17.8 Å². The molecule has 3 heterocycles. The number of benzene rings is 1. The molecule has 0 amide bonds. The van der Waals surface area contributed by atoms with Crippen molar-refractivity contribution in [2.24, 2.45) is 0 Å². The molecule has 7 nitrogen and oxygen atoms in total. The molecule has 0 unspecified atom stereocenters. The maximum absolute atomic E-state index is 5.51. The summed E-state index contributed by atoms with van der Waals surface area (Å²) < 4.78 is 9.72. The second-order valence-corrected chi connectivity index (χ2v) is 6.08. The molecule has 7 heteroatoms. The molecule has 0 saturated carbocycles. The van der Waals surface area contributed by atoms with Crippen molar-refractivity contribution in [2.45, 2.75) is 25.9 Å². The fourth-order valence-electron chi connectivity index (χ4n) is 3.24. The minimum absolute atomic E-state index is 0.738. The zero-order chi connectivity index (χ0) is 16.2. The number of hydrogen-bond acceptors (Lipinski definition) is 5. The van der Waals surface area contributed by atoms with Gasteiger partial charge in [-0.3, -0.25) is 0 Å². The van der Waals surface area contributed by atoms with E-state index in [9.17, 15) is 0 Å². The van der Waals surface area contributed by atoms with Gasteiger partial charge < -0.3 is 14.2 Å². The first-order valence-electron chi connectivity index (χ1n) is 8.54. The Morgan fingerprint density at radius 2 is 2.00 bits per heavy atom. The maximum atomic E-state index is 5.51. The van der Waals surface area contributed by atoms with Crippen LogP contribution < -0.4 is 4.90 Å². The number of anilines is 1. The summed E-state index contributed by atoms with van der Waals surface area (Å²) in [6, 6.07) is 10.6. The van der Waals surface area contributed by atoms with Gasteiger partial charge in [0.25, 0.3) is 0 Å². The summed E-state index contributed by atoms with van der Waals surface area (Å²) >= 11 is 0. The van der Waals surface area contributed by atoms with Crippen LogP contribution in [0.3, 0.4) is 0 Å². The first-order chi connectivity index (χ1) is 11.9. The van der Waals surface area contributed by atoms with Crippen LogP contribution in [0.15, 0.2) is 36.5 Å². The third kappa shape index (κ3) is 3.12. The molecule has 1 aliphatic heterocycles. The van der Waals surface area contributed by atoms with Gasteiger partial charge in [-0.2, -0.15) is 0 Å². The molecule has 0 atom stereocenters. The van der Waals surface area contributed by atoms with Gasteiger partial charge in [-0.15, -0.1) is 0 Å². The quantitative estimate of drug-likeness (QED) is 0.717. The molecule has 24 heavy (non-hydrogen) atoms. The summed E-state index contributed by atoms with van der Waals surface area (Å²) in [7, 11) is 0. The Bertz CT molecular complexity index is 787. The van der Waals surface area contributed by atoms with Gasteiger partial charge >= 0.3 is 0 Å². The van der Waals surface area contributed by atoms with Crippen molar-refractivity contribution in [3.8, 4) is 0 Å². The molecule has 1 saturated heterocycles. The number of ether oxygens (including phenoxy) is 1. The van der Waals surface area contributed by atoms with Gasteiger partial charge in [-0.05, 0) is 40.8 Å². The minimum atomic E-state index is 0.738. The summed E-state index contributed by atoms with van der Waals surface area (Å²) in [4.78, 5) is 2.22. The third-order valence-corrected chi connectivity index (χ3v) is 4.47. The lowest BCUT2D eigenvalue weighted by Crippen LogP contribution is -2.29. The normalized spacial score (nSPS) is 15.8. The monoisotopic (exact) mass is 326 g/mol. The van der Waals surface area contributed by atoms with Crippen LogP contribution in [0.5, 0.6) is 0 Å². The standard InChI is InChI=1S/C17H22N6O/c1-2-6-16-15(5-1)7-11-21(16)8-3-10-23-17(18-19-20-23)22-9-4-13-24-14-12-22/h1-2,5-7,11H,3-4,8-10,12-14H2. The fraction of sp³-hybridized carbons (Fsp3) is 0.471. The van der Waals surface area contributed by atoms with Crippen LogP contribution in [-0.4, -0.2) is 51.1 Å². The highest BCUT2D eigenvalue weighted by Crippen LogP contribution is 2.16. The lowest BCUT2D eigenvalue weighted by atomic mass is 10.2. The maximum Gasteiger partial charge on any atom is 0.245 e. The summed E-state index contributed by atoms with van der Waals surface area (Å²) in [5.41, 5.74) is 1.28. The van der Waals surface area contributed by atoms with E-state index in [1.807, 2.05) is 4.68 Å². The Morgan fingerprint density at radius 3 is 3.00 bits per heavy atom. The van der Waals surface area contributed by atoms with Gasteiger partial charge in [0.05, 0.1) is 6.61 Å². The number of fused-ring (bicyclic) bond motifs is 1. The highest BCUT2D eigenvalue weighted by Gasteiger charge is 2.16. The number of tetrazole rings is 1. The molecule has 1 aromatic carbocycles. The smallest absolute Gasteiger partial charge is 0.245 e. The van der Waals surface area contributed by atoms with Gasteiger partial charge in [0, 0.05) is 44.5 Å². The summed E-state index contributed by atoms with van der Waals surface area (Å²) in [6.45, 7) is 5.12. The van der Waals surface area contributed by atoms with E-state index in [2.05, 4.69) is 61.5 Å². The Labute approximate surface area is 140 Å². The zero-order valence-electron chi connectivity index (χ0n) is 13.7. The van der Waals surface area contributed by atoms with Crippen molar-refractivity contribution in [1.82, 2.24) is 24.8 Å². The van der Waals surface area contributed by atoms with Gasteiger partial charge in [0.1, 0.15) is 0 Å². The molecule has 126 valence electrons. The van der Waals surface area contributed by atoms with E-state index in [-0.39, 0.29) is 0 Å². The number of para-hydroxylation sites is 1. The topological polar surface area (TPSA) is 61.0 Å². The number of aromatic nitrogens is 5. The first kappa shape index (κ1) is 15.1. The Hall–Kier alpha value is -2.41. The van der Waals surface area contributed by atoms with E-state index < -0.39 is 0 Å². The minimum Gasteiger partial charge on any atom is -0.380 e. The Morgan fingerprint density at radius 1 is 1.04 bits per heavy atom. The molecule has 2 aromatic heterocycles. The van der Waals surface area contributed by atoms with E-state index in [0.29, 0.717) is 0 Å². The molecule has 1 fully saturated rings. The second kappa shape index (κ2) is 7.00. The molecular weight excluding hydrogens is 304 g/mol. The number of aryl methyl sites for hydroxylation is 2. The number of rotatable bonds is 5. The molecule has 4 rings (SSSR count). The van der Waals surface area contributed by atoms with Crippen LogP contribution in [0, 0.1) is 0 Å². The first-order valence-corrected chi connectivity index (χ1v) is 8.54. The van der Waals surface area contributed by atoms with Gasteiger partial charge in [-0.1, -0.05) is 23.3 Å². The molecule has 0 spiro atoms. The predicted octanol–water partition coefficient (Wildman–Crippen LogP) is 1.94. The largest absolute Gasteiger partial charge is 0.380 e. The van der Waals surface area contributed by atoms with E-state index in [1.165, 1.54) is 10.9 Å². The van der Waals surface area contributed by atoms with Crippen molar-refractivity contribution in [1.29, 1.82) is 0 Å². The summed E-state index contributed by atoms with van der Waals surface area (Å²) in [5, 5.41) is 13.5. The molecule has 0 radical (unpaired) electrons. The van der Waals surface area contributed by atoms with E-state index in [0.717, 1.165) is 58.2 Å². The summed E-state index contributed by atoms with van der Waals surface area (Å²) in [5.74, 6) is 0.859. The highest BCUT2D eigenvalue weighted by molar-refractivity contribution is 5.79. The van der Waals surface area contributed by atoms with Crippen LogP contribution >= 0.6 is 0 Å². The lowest BCUT2D eigenvalue weighted by molar-refractivity contribution is 0.152. The van der Waals surface area contributed by atoms with Crippen molar-refractivity contribution < 1.29 is 4.74 Å². The van der Waals surface area contributed by atoms with E-state index in [1.54, 1.807) is 0 Å². The van der Waals surface area contributed by atoms with Gasteiger partial charge in [-0.25, -0.2) is 4.68 Å². The molecular formula is C17H22N6O. The van der Waals surface area contributed by atoms with Crippen molar-refractivity contribution in [3.05, 3.63) is 36.5 Å². The average molecular weight is 326 g/mol. The molecule has 0 bridgehead atoms. The molecule has 1 aliphatic rings. The van der Waals surface area contributed by atoms with Crippen molar-refractivity contribution in [3.63, 3.8) is 0 Å². The highest BCUT2D eigenvalue weighted by atomic mass is 16.5. The fourth-order valence-corrected chi connectivity index (χ4v) is 3.24. The van der Waals surface area contributed by atoms with Gasteiger partial charge in [0.15, 0.2) is 0 Å². The average Bonchev–Trinajstić information content (AvgIpc) is 3.15.